The van der Waals surface area contributed by atoms with Crippen molar-refractivity contribution in [3.8, 4) is 10.6 Å². The van der Waals surface area contributed by atoms with Crippen molar-refractivity contribution in [3.63, 3.8) is 0 Å². The normalized spacial score (nSPS) is 16.2. The molecule has 0 radical (unpaired) electrons. The second-order valence-corrected chi connectivity index (χ2v) is 7.08. The van der Waals surface area contributed by atoms with Gasteiger partial charge >= 0.3 is 0 Å². The maximum Gasteiger partial charge on any atom is 0.274 e. The Morgan fingerprint density at radius 2 is 2.05 bits per heavy atom. The summed E-state index contributed by atoms with van der Waals surface area (Å²) >= 11 is 7.48. The SMILES string of the molecule is CCN1CCN(C(=O)c2cc(-c3ccc(Cl)s3)n(C)n2)CC1. The maximum absolute atomic E-state index is 12.6. The van der Waals surface area contributed by atoms with Crippen LogP contribution in [0, 0.1) is 0 Å². The summed E-state index contributed by atoms with van der Waals surface area (Å²) in [5, 5.41) is 4.39. The van der Waals surface area contributed by atoms with Gasteiger partial charge in [-0.05, 0) is 24.7 Å². The number of nitrogens with zero attached hydrogens (tertiary/aromatic N) is 4. The molecule has 0 aromatic carbocycles. The number of amides is 1. The van der Waals surface area contributed by atoms with Crippen molar-refractivity contribution in [1.29, 1.82) is 0 Å². The van der Waals surface area contributed by atoms with Gasteiger partial charge in [0.1, 0.15) is 0 Å². The van der Waals surface area contributed by atoms with Gasteiger partial charge in [0.25, 0.3) is 5.91 Å². The monoisotopic (exact) mass is 338 g/mol. The summed E-state index contributed by atoms with van der Waals surface area (Å²) in [5.74, 6) is 0.0141. The number of aryl methyl sites for hydroxylation is 1. The van der Waals surface area contributed by atoms with Crippen LogP contribution in [-0.2, 0) is 7.05 Å². The molecule has 0 bridgehead atoms. The molecule has 1 amide bonds. The number of halogens is 1. The lowest BCUT2D eigenvalue weighted by atomic mass is 10.2. The summed E-state index contributed by atoms with van der Waals surface area (Å²) in [5.41, 5.74) is 1.43. The van der Waals surface area contributed by atoms with Crippen LogP contribution in [0.2, 0.25) is 4.34 Å². The minimum Gasteiger partial charge on any atom is -0.335 e. The Hall–Kier alpha value is -1.37. The van der Waals surface area contributed by atoms with Gasteiger partial charge in [-0.2, -0.15) is 5.10 Å². The molecular formula is C15H19ClN4OS. The van der Waals surface area contributed by atoms with Gasteiger partial charge in [-0.1, -0.05) is 18.5 Å². The Balaban J connectivity index is 1.77. The number of aromatic nitrogens is 2. The number of carbonyl (C=O) groups is 1. The van der Waals surface area contributed by atoms with E-state index in [1.165, 1.54) is 11.3 Å². The lowest BCUT2D eigenvalue weighted by molar-refractivity contribution is 0.0637. The van der Waals surface area contributed by atoms with Gasteiger partial charge in [0.05, 0.1) is 14.9 Å². The molecule has 3 rings (SSSR count). The topological polar surface area (TPSA) is 41.4 Å². The van der Waals surface area contributed by atoms with Crippen molar-refractivity contribution in [2.75, 3.05) is 32.7 Å². The first-order valence-electron chi connectivity index (χ1n) is 7.40. The molecular weight excluding hydrogens is 320 g/mol. The molecule has 0 aliphatic carbocycles. The fourth-order valence-corrected chi connectivity index (χ4v) is 3.77. The molecule has 0 saturated carbocycles. The highest BCUT2D eigenvalue weighted by molar-refractivity contribution is 7.19. The summed E-state index contributed by atoms with van der Waals surface area (Å²) < 4.78 is 2.48. The standard InChI is InChI=1S/C15H19ClN4OS/c1-3-19-6-8-20(9-7-19)15(21)11-10-12(18(2)17-11)13-4-5-14(16)22-13/h4-5,10H,3,6-9H2,1-2H3. The van der Waals surface area contributed by atoms with E-state index in [2.05, 4.69) is 16.9 Å². The van der Waals surface area contributed by atoms with E-state index in [0.29, 0.717) is 5.69 Å². The van der Waals surface area contributed by atoms with E-state index in [0.717, 1.165) is 47.6 Å². The smallest absolute Gasteiger partial charge is 0.274 e. The number of rotatable bonds is 3. The van der Waals surface area contributed by atoms with E-state index in [1.54, 1.807) is 4.68 Å². The molecule has 7 heteroatoms. The number of carbonyl (C=O) groups excluding carboxylic acids is 1. The zero-order valence-corrected chi connectivity index (χ0v) is 14.3. The zero-order chi connectivity index (χ0) is 15.7. The molecule has 1 aliphatic heterocycles. The minimum atomic E-state index is 0.0141. The lowest BCUT2D eigenvalue weighted by Crippen LogP contribution is -2.48. The van der Waals surface area contributed by atoms with Gasteiger partial charge in [-0.15, -0.1) is 11.3 Å². The minimum absolute atomic E-state index is 0.0141. The molecule has 2 aromatic rings. The van der Waals surface area contributed by atoms with Crippen LogP contribution in [-0.4, -0.2) is 58.2 Å². The first-order chi connectivity index (χ1) is 10.6. The molecule has 118 valence electrons. The number of hydrogen-bond acceptors (Lipinski definition) is 4. The third-order valence-electron chi connectivity index (χ3n) is 4.03. The second-order valence-electron chi connectivity index (χ2n) is 5.37. The van der Waals surface area contributed by atoms with E-state index in [1.807, 2.05) is 30.1 Å². The number of piperazine rings is 1. The quantitative estimate of drug-likeness (QED) is 0.863. The van der Waals surface area contributed by atoms with E-state index in [9.17, 15) is 4.79 Å². The fraction of sp³-hybridized carbons (Fsp3) is 0.467. The van der Waals surface area contributed by atoms with E-state index in [4.69, 9.17) is 11.6 Å². The summed E-state index contributed by atoms with van der Waals surface area (Å²) in [7, 11) is 1.86. The number of likely N-dealkylation sites (N-methyl/N-ethyl adjacent to an activating group) is 1. The van der Waals surface area contributed by atoms with Crippen LogP contribution in [0.4, 0.5) is 0 Å². The molecule has 0 N–H and O–H groups in total. The molecule has 0 spiro atoms. The average molecular weight is 339 g/mol. The maximum atomic E-state index is 12.6. The summed E-state index contributed by atoms with van der Waals surface area (Å²) in [6, 6.07) is 5.68. The Bertz CT molecular complexity index is 673. The van der Waals surface area contributed by atoms with Crippen molar-refractivity contribution in [3.05, 3.63) is 28.2 Å². The summed E-state index contributed by atoms with van der Waals surface area (Å²) in [6.07, 6.45) is 0. The van der Waals surface area contributed by atoms with Crippen molar-refractivity contribution in [1.82, 2.24) is 19.6 Å². The molecule has 5 nitrogen and oxygen atoms in total. The van der Waals surface area contributed by atoms with Crippen molar-refractivity contribution < 1.29 is 4.79 Å². The van der Waals surface area contributed by atoms with E-state index >= 15 is 0 Å². The van der Waals surface area contributed by atoms with Crippen LogP contribution >= 0.6 is 22.9 Å². The second kappa shape index (κ2) is 6.40. The molecule has 0 unspecified atom stereocenters. The Morgan fingerprint density at radius 1 is 1.32 bits per heavy atom. The van der Waals surface area contributed by atoms with Crippen LogP contribution in [0.3, 0.4) is 0 Å². The summed E-state index contributed by atoms with van der Waals surface area (Å²) in [6.45, 7) is 6.58. The molecule has 0 atom stereocenters. The average Bonchev–Trinajstić information content (AvgIpc) is 3.12. The largest absolute Gasteiger partial charge is 0.335 e. The highest BCUT2D eigenvalue weighted by Crippen LogP contribution is 2.31. The van der Waals surface area contributed by atoms with Crippen LogP contribution in [0.1, 0.15) is 17.4 Å². The summed E-state index contributed by atoms with van der Waals surface area (Å²) in [4.78, 5) is 17.9. The van der Waals surface area contributed by atoms with Crippen LogP contribution in [0.25, 0.3) is 10.6 Å². The van der Waals surface area contributed by atoms with Gasteiger partial charge in [0.2, 0.25) is 0 Å². The van der Waals surface area contributed by atoms with Crippen LogP contribution in [0.5, 0.6) is 0 Å². The molecule has 2 aromatic heterocycles. The van der Waals surface area contributed by atoms with Gasteiger partial charge in [0, 0.05) is 33.2 Å². The van der Waals surface area contributed by atoms with Crippen LogP contribution in [0.15, 0.2) is 18.2 Å². The van der Waals surface area contributed by atoms with Crippen molar-refractivity contribution >= 4 is 28.8 Å². The molecule has 1 aliphatic rings. The Kier molecular flexibility index (Phi) is 4.52. The number of thiophene rings is 1. The predicted octanol–water partition coefficient (Wildman–Crippen LogP) is 2.58. The molecule has 1 fully saturated rings. The fourth-order valence-electron chi connectivity index (χ4n) is 2.68. The van der Waals surface area contributed by atoms with Crippen molar-refractivity contribution in [2.24, 2.45) is 7.05 Å². The first kappa shape index (κ1) is 15.5. The highest BCUT2D eigenvalue weighted by Gasteiger charge is 2.24. The lowest BCUT2D eigenvalue weighted by Gasteiger charge is -2.33. The Morgan fingerprint density at radius 3 is 2.64 bits per heavy atom. The third kappa shape index (κ3) is 3.04. The van der Waals surface area contributed by atoms with Crippen molar-refractivity contribution in [2.45, 2.75) is 6.92 Å². The first-order valence-corrected chi connectivity index (χ1v) is 8.59. The molecule has 1 saturated heterocycles. The van der Waals surface area contributed by atoms with Gasteiger partial charge < -0.3 is 9.80 Å². The number of hydrogen-bond donors (Lipinski definition) is 0. The Labute approximate surface area is 139 Å². The predicted molar refractivity (Wildman–Crippen MR) is 89.5 cm³/mol. The van der Waals surface area contributed by atoms with Gasteiger partial charge in [0.15, 0.2) is 5.69 Å². The van der Waals surface area contributed by atoms with Crippen LogP contribution < -0.4 is 0 Å². The highest BCUT2D eigenvalue weighted by atomic mass is 35.5. The van der Waals surface area contributed by atoms with E-state index in [-0.39, 0.29) is 5.91 Å². The van der Waals surface area contributed by atoms with E-state index < -0.39 is 0 Å². The van der Waals surface area contributed by atoms with Gasteiger partial charge in [-0.25, -0.2) is 0 Å². The molecule has 22 heavy (non-hydrogen) atoms. The third-order valence-corrected chi connectivity index (χ3v) is 5.28. The molecule has 3 heterocycles. The zero-order valence-electron chi connectivity index (χ0n) is 12.8. The van der Waals surface area contributed by atoms with Gasteiger partial charge in [-0.3, -0.25) is 9.48 Å².